The SMILES string of the molecule is C[C@@]1(N2C(=O)CCCC2=O)C(=O)SCC1C(=O)O. The van der Waals surface area contributed by atoms with Crippen LogP contribution >= 0.6 is 11.8 Å². The van der Waals surface area contributed by atoms with Crippen molar-refractivity contribution in [3.63, 3.8) is 0 Å². The fraction of sp³-hybridized carbons (Fsp3) is 0.636. The first-order chi connectivity index (χ1) is 8.39. The van der Waals surface area contributed by atoms with Crippen molar-refractivity contribution >= 4 is 34.7 Å². The Labute approximate surface area is 108 Å². The number of thioether (sulfide) groups is 1. The van der Waals surface area contributed by atoms with Crippen LogP contribution in [-0.4, -0.2) is 44.2 Å². The van der Waals surface area contributed by atoms with E-state index in [1.807, 2.05) is 0 Å². The Kier molecular flexibility index (Phi) is 3.18. The number of carboxylic acid groups (broad SMARTS) is 1. The van der Waals surface area contributed by atoms with E-state index in [4.69, 9.17) is 5.11 Å². The minimum Gasteiger partial charge on any atom is -0.481 e. The van der Waals surface area contributed by atoms with E-state index in [0.717, 1.165) is 16.7 Å². The molecule has 6 nitrogen and oxygen atoms in total. The molecule has 2 atom stereocenters. The first kappa shape index (κ1) is 13.1. The normalized spacial score (nSPS) is 33.1. The highest BCUT2D eigenvalue weighted by atomic mass is 32.2. The smallest absolute Gasteiger partial charge is 0.310 e. The van der Waals surface area contributed by atoms with Crippen LogP contribution < -0.4 is 0 Å². The molecule has 2 saturated heterocycles. The number of imide groups is 1. The highest BCUT2D eigenvalue weighted by molar-refractivity contribution is 8.14. The molecule has 2 fully saturated rings. The number of carbonyl (C=O) groups excluding carboxylic acids is 3. The Balaban J connectivity index is 2.43. The number of amides is 2. The van der Waals surface area contributed by atoms with Crippen LogP contribution in [0.15, 0.2) is 0 Å². The van der Waals surface area contributed by atoms with Crippen LogP contribution in [0, 0.1) is 5.92 Å². The molecule has 2 amide bonds. The molecule has 2 aliphatic rings. The van der Waals surface area contributed by atoms with Gasteiger partial charge in [0.25, 0.3) is 0 Å². The van der Waals surface area contributed by atoms with E-state index < -0.39 is 34.4 Å². The second-order valence-corrected chi connectivity index (χ2v) is 5.61. The van der Waals surface area contributed by atoms with Crippen molar-refractivity contribution in [3.8, 4) is 0 Å². The maximum absolute atomic E-state index is 12.0. The van der Waals surface area contributed by atoms with Crippen molar-refractivity contribution in [2.45, 2.75) is 31.7 Å². The summed E-state index contributed by atoms with van der Waals surface area (Å²) in [5, 5.41) is 8.74. The molecule has 0 aliphatic carbocycles. The number of carboxylic acids is 1. The minimum atomic E-state index is -1.54. The summed E-state index contributed by atoms with van der Waals surface area (Å²) in [6.07, 6.45) is 0.834. The van der Waals surface area contributed by atoms with E-state index in [-0.39, 0.29) is 18.6 Å². The van der Waals surface area contributed by atoms with Gasteiger partial charge in [0.05, 0.1) is 5.92 Å². The van der Waals surface area contributed by atoms with Crippen LogP contribution in [0.3, 0.4) is 0 Å². The van der Waals surface area contributed by atoms with Crippen molar-refractivity contribution in [3.05, 3.63) is 0 Å². The van der Waals surface area contributed by atoms with Crippen molar-refractivity contribution in [1.82, 2.24) is 4.90 Å². The topological polar surface area (TPSA) is 91.8 Å². The molecule has 0 aromatic rings. The van der Waals surface area contributed by atoms with Crippen molar-refractivity contribution < 1.29 is 24.3 Å². The van der Waals surface area contributed by atoms with Gasteiger partial charge >= 0.3 is 5.97 Å². The van der Waals surface area contributed by atoms with Gasteiger partial charge in [-0.25, -0.2) is 0 Å². The number of piperidine rings is 1. The number of rotatable bonds is 2. The molecule has 0 bridgehead atoms. The van der Waals surface area contributed by atoms with Crippen LogP contribution in [0.4, 0.5) is 0 Å². The first-order valence-corrected chi connectivity index (χ1v) is 6.63. The molecule has 2 aliphatic heterocycles. The molecule has 0 spiro atoms. The maximum atomic E-state index is 12.0. The molecule has 7 heteroatoms. The highest BCUT2D eigenvalue weighted by Crippen LogP contribution is 2.41. The Morgan fingerprint density at radius 2 is 1.89 bits per heavy atom. The third kappa shape index (κ3) is 1.73. The molecule has 0 aromatic carbocycles. The quantitative estimate of drug-likeness (QED) is 0.724. The summed E-state index contributed by atoms with van der Waals surface area (Å²) in [4.78, 5) is 47.8. The van der Waals surface area contributed by atoms with Gasteiger partial charge < -0.3 is 5.11 Å². The lowest BCUT2D eigenvalue weighted by atomic mass is 9.84. The second kappa shape index (κ2) is 4.38. The fourth-order valence-corrected chi connectivity index (χ4v) is 3.75. The maximum Gasteiger partial charge on any atom is 0.310 e. The summed E-state index contributed by atoms with van der Waals surface area (Å²) in [6.45, 7) is 1.38. The van der Waals surface area contributed by atoms with Gasteiger partial charge in [-0.2, -0.15) is 0 Å². The molecule has 2 heterocycles. The summed E-state index contributed by atoms with van der Waals surface area (Å²) < 4.78 is 0. The largest absolute Gasteiger partial charge is 0.481 e. The Morgan fingerprint density at radius 3 is 2.39 bits per heavy atom. The monoisotopic (exact) mass is 271 g/mol. The molecule has 1 N–H and O–H groups in total. The number of hydrogen-bond donors (Lipinski definition) is 1. The fourth-order valence-electron chi connectivity index (χ4n) is 2.44. The molecule has 0 saturated carbocycles. The molecule has 18 heavy (non-hydrogen) atoms. The Hall–Kier alpha value is -1.37. The molecule has 98 valence electrons. The first-order valence-electron chi connectivity index (χ1n) is 5.65. The van der Waals surface area contributed by atoms with E-state index in [1.54, 1.807) is 0 Å². The van der Waals surface area contributed by atoms with E-state index in [1.165, 1.54) is 6.92 Å². The predicted molar refractivity (Wildman–Crippen MR) is 62.7 cm³/mol. The second-order valence-electron chi connectivity index (χ2n) is 4.61. The third-order valence-electron chi connectivity index (χ3n) is 3.52. The average molecular weight is 271 g/mol. The van der Waals surface area contributed by atoms with Gasteiger partial charge in [0.2, 0.25) is 16.9 Å². The number of aliphatic carboxylic acids is 1. The molecule has 0 aromatic heterocycles. The van der Waals surface area contributed by atoms with E-state index in [2.05, 4.69) is 0 Å². The van der Waals surface area contributed by atoms with Gasteiger partial charge in [-0.1, -0.05) is 11.8 Å². The van der Waals surface area contributed by atoms with Gasteiger partial charge in [-0.05, 0) is 13.3 Å². The van der Waals surface area contributed by atoms with E-state index >= 15 is 0 Å². The average Bonchev–Trinajstić information content (AvgIpc) is 2.56. The van der Waals surface area contributed by atoms with Crippen LogP contribution in [0.1, 0.15) is 26.2 Å². The molecular formula is C11H13NO5S. The number of nitrogens with zero attached hydrogens (tertiary/aromatic N) is 1. The standard InChI is InChI=1S/C11H13NO5S/c1-11(6(9(15)16)5-18-10(11)17)12-7(13)3-2-4-8(12)14/h6H,2-5H2,1H3,(H,15,16)/t6?,11-/m0/s1. The zero-order valence-electron chi connectivity index (χ0n) is 9.84. The molecule has 2 rings (SSSR count). The van der Waals surface area contributed by atoms with Gasteiger partial charge in [0.15, 0.2) is 0 Å². The van der Waals surface area contributed by atoms with Crippen LogP contribution in [-0.2, 0) is 19.2 Å². The summed E-state index contributed by atoms with van der Waals surface area (Å²) >= 11 is 0.872. The summed E-state index contributed by atoms with van der Waals surface area (Å²) in [5.41, 5.74) is -1.54. The number of hydrogen-bond acceptors (Lipinski definition) is 5. The lowest BCUT2D eigenvalue weighted by Gasteiger charge is -2.39. The Bertz CT molecular complexity index is 433. The predicted octanol–water partition coefficient (Wildman–Crippen LogP) is 0.258. The van der Waals surface area contributed by atoms with Crippen LogP contribution in [0.2, 0.25) is 0 Å². The van der Waals surface area contributed by atoms with Crippen LogP contribution in [0.5, 0.6) is 0 Å². The number of carbonyl (C=O) groups is 4. The zero-order valence-corrected chi connectivity index (χ0v) is 10.7. The van der Waals surface area contributed by atoms with Gasteiger partial charge in [0.1, 0.15) is 5.54 Å². The van der Waals surface area contributed by atoms with Gasteiger partial charge in [0, 0.05) is 18.6 Å². The lowest BCUT2D eigenvalue weighted by Crippen LogP contribution is -2.61. The molecule has 1 unspecified atom stereocenters. The van der Waals surface area contributed by atoms with Crippen LogP contribution in [0.25, 0.3) is 0 Å². The van der Waals surface area contributed by atoms with Crippen molar-refractivity contribution in [1.29, 1.82) is 0 Å². The summed E-state index contributed by atoms with van der Waals surface area (Å²) in [5.74, 6) is -2.98. The minimum absolute atomic E-state index is 0.0989. The highest BCUT2D eigenvalue weighted by Gasteiger charge is 2.58. The molecular weight excluding hydrogens is 258 g/mol. The third-order valence-corrected chi connectivity index (χ3v) is 4.69. The van der Waals surface area contributed by atoms with E-state index in [0.29, 0.717) is 6.42 Å². The lowest BCUT2D eigenvalue weighted by molar-refractivity contribution is -0.163. The van der Waals surface area contributed by atoms with E-state index in [9.17, 15) is 19.2 Å². The van der Waals surface area contributed by atoms with Gasteiger partial charge in [-0.15, -0.1) is 0 Å². The van der Waals surface area contributed by atoms with Crippen molar-refractivity contribution in [2.75, 3.05) is 5.75 Å². The zero-order chi connectivity index (χ0) is 13.5. The van der Waals surface area contributed by atoms with Gasteiger partial charge in [-0.3, -0.25) is 24.1 Å². The Morgan fingerprint density at radius 1 is 1.33 bits per heavy atom. The van der Waals surface area contributed by atoms with Crippen molar-refractivity contribution in [2.24, 2.45) is 5.92 Å². The summed E-state index contributed by atoms with van der Waals surface area (Å²) in [6, 6.07) is 0. The summed E-state index contributed by atoms with van der Waals surface area (Å²) in [7, 11) is 0. The number of likely N-dealkylation sites (tertiary alicyclic amines) is 1. The molecule has 0 radical (unpaired) electrons.